The van der Waals surface area contributed by atoms with E-state index in [0.717, 1.165) is 16.4 Å². The molecule has 0 fully saturated rings. The number of carbonyl (C=O) groups excluding carboxylic acids is 1. The van der Waals surface area contributed by atoms with Crippen LogP contribution in [0.15, 0.2) is 30.5 Å². The Kier molecular flexibility index (Phi) is 6.14. The first kappa shape index (κ1) is 18.2. The summed E-state index contributed by atoms with van der Waals surface area (Å²) in [5.41, 5.74) is 6.56. The Balaban J connectivity index is 2.19. The number of alkyl halides is 2. The van der Waals surface area contributed by atoms with Gasteiger partial charge in [0, 0.05) is 5.02 Å². The smallest absolute Gasteiger partial charge is 0.343 e. The van der Waals surface area contributed by atoms with Gasteiger partial charge in [0.1, 0.15) is 17.4 Å². The number of aromatic nitrogens is 2. The number of hydrogen-bond acceptors (Lipinski definition) is 4. The molecule has 1 unspecified atom stereocenters. The molecule has 1 aromatic carbocycles. The number of nitrogens with zero attached hydrogens (tertiary/aromatic N) is 2. The van der Waals surface area contributed by atoms with Gasteiger partial charge in [-0.2, -0.15) is 5.10 Å². The highest BCUT2D eigenvalue weighted by atomic mass is 35.5. The van der Waals surface area contributed by atoms with Crippen LogP contribution in [0.4, 0.5) is 14.6 Å². The Bertz CT molecular complexity index is 706. The standard InChI is InChI=1S/C16H18ClF2N3O2/c1-2-24-16(23)11-9-21-22(15(11)20)13(14(18)19)8-7-10-5-3-4-6-12(10)17/h3-6,9,13-14H,2,7-8,20H2,1H3. The Morgan fingerprint density at radius 1 is 1.42 bits per heavy atom. The summed E-state index contributed by atoms with van der Waals surface area (Å²) < 4.78 is 32.7. The largest absolute Gasteiger partial charge is 0.462 e. The molecule has 2 rings (SSSR count). The first-order chi connectivity index (χ1) is 11.5. The van der Waals surface area contributed by atoms with Gasteiger partial charge >= 0.3 is 5.97 Å². The van der Waals surface area contributed by atoms with Crippen LogP contribution in [0.5, 0.6) is 0 Å². The lowest BCUT2D eigenvalue weighted by atomic mass is 10.1. The zero-order valence-electron chi connectivity index (χ0n) is 13.1. The number of esters is 1. The van der Waals surface area contributed by atoms with Crippen molar-refractivity contribution in [3.8, 4) is 0 Å². The first-order valence-corrected chi connectivity index (χ1v) is 7.85. The number of nitrogen functional groups attached to an aromatic ring is 1. The minimum Gasteiger partial charge on any atom is -0.462 e. The lowest BCUT2D eigenvalue weighted by Gasteiger charge is -2.18. The van der Waals surface area contributed by atoms with E-state index in [4.69, 9.17) is 22.1 Å². The number of carbonyl (C=O) groups is 1. The Morgan fingerprint density at radius 3 is 2.75 bits per heavy atom. The lowest BCUT2D eigenvalue weighted by Crippen LogP contribution is -2.21. The van der Waals surface area contributed by atoms with Gasteiger partial charge in [-0.15, -0.1) is 0 Å². The maximum atomic E-state index is 13.5. The second-order valence-corrected chi connectivity index (χ2v) is 5.55. The zero-order chi connectivity index (χ0) is 17.7. The Morgan fingerprint density at radius 2 is 2.12 bits per heavy atom. The third-order valence-electron chi connectivity index (χ3n) is 3.60. The fourth-order valence-electron chi connectivity index (χ4n) is 2.36. The van der Waals surface area contributed by atoms with Gasteiger partial charge in [0.2, 0.25) is 0 Å². The molecule has 1 heterocycles. The summed E-state index contributed by atoms with van der Waals surface area (Å²) in [5, 5.41) is 4.37. The highest BCUT2D eigenvalue weighted by Gasteiger charge is 2.27. The van der Waals surface area contributed by atoms with E-state index in [0.29, 0.717) is 11.4 Å². The molecule has 0 saturated heterocycles. The van der Waals surface area contributed by atoms with Crippen molar-refractivity contribution in [1.82, 2.24) is 9.78 Å². The van der Waals surface area contributed by atoms with E-state index in [1.807, 2.05) is 0 Å². The summed E-state index contributed by atoms with van der Waals surface area (Å²) in [7, 11) is 0. The van der Waals surface area contributed by atoms with Crippen LogP contribution < -0.4 is 5.73 Å². The van der Waals surface area contributed by atoms with Crippen LogP contribution in [-0.2, 0) is 11.2 Å². The van der Waals surface area contributed by atoms with Crippen LogP contribution in [0.1, 0.15) is 35.3 Å². The van der Waals surface area contributed by atoms with Gasteiger partial charge in [0.25, 0.3) is 6.43 Å². The summed E-state index contributed by atoms with van der Waals surface area (Å²) in [4.78, 5) is 11.7. The lowest BCUT2D eigenvalue weighted by molar-refractivity contribution is 0.0525. The summed E-state index contributed by atoms with van der Waals surface area (Å²) in [5.74, 6) is -0.807. The van der Waals surface area contributed by atoms with Gasteiger partial charge in [0.15, 0.2) is 0 Å². The molecule has 130 valence electrons. The van der Waals surface area contributed by atoms with E-state index in [1.54, 1.807) is 31.2 Å². The highest BCUT2D eigenvalue weighted by Crippen LogP contribution is 2.28. The zero-order valence-corrected chi connectivity index (χ0v) is 13.8. The molecule has 2 N–H and O–H groups in total. The van der Waals surface area contributed by atoms with E-state index in [1.165, 1.54) is 0 Å². The quantitative estimate of drug-likeness (QED) is 0.766. The van der Waals surface area contributed by atoms with Crippen molar-refractivity contribution in [1.29, 1.82) is 0 Å². The second-order valence-electron chi connectivity index (χ2n) is 5.14. The van der Waals surface area contributed by atoms with Crippen LogP contribution in [0.2, 0.25) is 5.02 Å². The molecule has 2 aromatic rings. The number of nitrogens with two attached hydrogens (primary N) is 1. The van der Waals surface area contributed by atoms with Crippen molar-refractivity contribution < 1.29 is 18.3 Å². The van der Waals surface area contributed by atoms with Gasteiger partial charge in [-0.3, -0.25) is 0 Å². The van der Waals surface area contributed by atoms with Gasteiger partial charge < -0.3 is 10.5 Å². The topological polar surface area (TPSA) is 70.1 Å². The van der Waals surface area contributed by atoms with Crippen molar-refractivity contribution >= 4 is 23.4 Å². The molecule has 0 amide bonds. The molecule has 0 aliphatic rings. The Labute approximate surface area is 143 Å². The van der Waals surface area contributed by atoms with E-state index in [2.05, 4.69) is 5.10 Å². The summed E-state index contributed by atoms with van der Waals surface area (Å²) in [6, 6.07) is 5.79. The van der Waals surface area contributed by atoms with E-state index in [9.17, 15) is 13.6 Å². The normalized spacial score (nSPS) is 12.4. The van der Waals surface area contributed by atoms with Crippen LogP contribution in [-0.4, -0.2) is 28.8 Å². The predicted molar refractivity (Wildman–Crippen MR) is 87.4 cm³/mol. The number of halogens is 3. The molecule has 1 atom stereocenters. The van der Waals surface area contributed by atoms with E-state index in [-0.39, 0.29) is 24.4 Å². The van der Waals surface area contributed by atoms with Gasteiger partial charge in [-0.25, -0.2) is 18.3 Å². The number of anilines is 1. The van der Waals surface area contributed by atoms with Crippen LogP contribution in [0, 0.1) is 0 Å². The van der Waals surface area contributed by atoms with Gasteiger partial charge in [-0.1, -0.05) is 29.8 Å². The maximum absolute atomic E-state index is 13.5. The maximum Gasteiger partial charge on any atom is 0.343 e. The Hall–Kier alpha value is -2.15. The fourth-order valence-corrected chi connectivity index (χ4v) is 2.59. The number of aryl methyl sites for hydroxylation is 1. The number of ether oxygens (including phenoxy) is 1. The molecule has 0 saturated carbocycles. The third kappa shape index (κ3) is 4.03. The van der Waals surface area contributed by atoms with Crippen LogP contribution in [0.25, 0.3) is 0 Å². The first-order valence-electron chi connectivity index (χ1n) is 7.47. The average Bonchev–Trinajstić information content (AvgIpc) is 2.91. The van der Waals surface area contributed by atoms with Crippen molar-refractivity contribution in [2.75, 3.05) is 12.3 Å². The van der Waals surface area contributed by atoms with Crippen molar-refractivity contribution in [3.63, 3.8) is 0 Å². The van der Waals surface area contributed by atoms with Crippen molar-refractivity contribution in [2.45, 2.75) is 32.2 Å². The number of hydrogen-bond donors (Lipinski definition) is 1. The van der Waals surface area contributed by atoms with Crippen molar-refractivity contribution in [3.05, 3.63) is 46.6 Å². The molecular formula is C16H18ClF2N3O2. The minimum absolute atomic E-state index is 0.0137. The molecule has 0 bridgehead atoms. The number of rotatable bonds is 7. The highest BCUT2D eigenvalue weighted by molar-refractivity contribution is 6.31. The summed E-state index contributed by atoms with van der Waals surface area (Å²) in [6.45, 7) is 1.80. The summed E-state index contributed by atoms with van der Waals surface area (Å²) in [6.07, 6.45) is -1.12. The molecule has 5 nitrogen and oxygen atoms in total. The number of benzene rings is 1. The molecule has 8 heteroatoms. The van der Waals surface area contributed by atoms with E-state index >= 15 is 0 Å². The molecule has 0 radical (unpaired) electrons. The SMILES string of the molecule is CCOC(=O)c1cnn(C(CCc2ccccc2Cl)C(F)F)c1N. The molecule has 0 spiro atoms. The van der Waals surface area contributed by atoms with E-state index < -0.39 is 18.4 Å². The van der Waals surface area contributed by atoms with Gasteiger partial charge in [0.05, 0.1) is 12.8 Å². The molecule has 1 aromatic heterocycles. The molecular weight excluding hydrogens is 340 g/mol. The van der Waals surface area contributed by atoms with Gasteiger partial charge in [-0.05, 0) is 31.4 Å². The van der Waals surface area contributed by atoms with Crippen LogP contribution in [0.3, 0.4) is 0 Å². The third-order valence-corrected chi connectivity index (χ3v) is 3.97. The molecule has 0 aliphatic carbocycles. The average molecular weight is 358 g/mol. The second kappa shape index (κ2) is 8.10. The molecule has 24 heavy (non-hydrogen) atoms. The van der Waals surface area contributed by atoms with Crippen LogP contribution >= 0.6 is 11.6 Å². The van der Waals surface area contributed by atoms with Crippen molar-refractivity contribution in [2.24, 2.45) is 0 Å². The summed E-state index contributed by atoms with van der Waals surface area (Å²) >= 11 is 6.05. The minimum atomic E-state index is -2.69. The predicted octanol–water partition coefficient (Wildman–Crippen LogP) is 3.73. The molecule has 0 aliphatic heterocycles. The monoisotopic (exact) mass is 357 g/mol. The fraction of sp³-hybridized carbons (Fsp3) is 0.375.